The fourth-order valence-electron chi connectivity index (χ4n) is 4.93. The van der Waals surface area contributed by atoms with Gasteiger partial charge in [-0.1, -0.05) is 31.4 Å². The molecule has 192 valence electrons. The molecule has 1 aliphatic heterocycles. The Kier molecular flexibility index (Phi) is 9.98. The van der Waals surface area contributed by atoms with Gasteiger partial charge in [-0.25, -0.2) is 13.6 Å². The molecule has 4 rings (SSSR count). The van der Waals surface area contributed by atoms with E-state index >= 15 is 0 Å². The van der Waals surface area contributed by atoms with Crippen molar-refractivity contribution in [2.75, 3.05) is 13.1 Å². The van der Waals surface area contributed by atoms with E-state index in [1.165, 1.54) is 49.8 Å². The number of sulfonamides is 1. The molecule has 2 aromatic rings. The Morgan fingerprint density at radius 2 is 1.49 bits per heavy atom. The second-order valence-electron chi connectivity index (χ2n) is 9.59. The van der Waals surface area contributed by atoms with Crippen molar-refractivity contribution in [3.05, 3.63) is 54.1 Å². The van der Waals surface area contributed by atoms with Gasteiger partial charge in [0.15, 0.2) is 0 Å². The molecule has 35 heavy (non-hydrogen) atoms. The van der Waals surface area contributed by atoms with Crippen molar-refractivity contribution in [1.29, 1.82) is 0 Å². The number of hydrogen-bond acceptors (Lipinski definition) is 5. The highest BCUT2D eigenvalue weighted by atomic mass is 35.5. The lowest BCUT2D eigenvalue weighted by molar-refractivity contribution is -0.123. The average Bonchev–Trinajstić information content (AvgIpc) is 2.82. The molecule has 0 bridgehead atoms. The van der Waals surface area contributed by atoms with Crippen molar-refractivity contribution in [2.24, 2.45) is 11.1 Å². The maximum atomic E-state index is 12.4. The van der Waals surface area contributed by atoms with Gasteiger partial charge >= 0.3 is 0 Å². The molecule has 9 heteroatoms. The number of nitrogens with one attached hydrogen (secondary N) is 1. The van der Waals surface area contributed by atoms with Crippen LogP contribution in [0.1, 0.15) is 56.9 Å². The van der Waals surface area contributed by atoms with Crippen LogP contribution >= 0.6 is 12.4 Å². The second kappa shape index (κ2) is 12.7. The summed E-state index contributed by atoms with van der Waals surface area (Å²) in [6.07, 6.45) is 8.98. The van der Waals surface area contributed by atoms with E-state index in [9.17, 15) is 13.2 Å². The molecule has 3 N–H and O–H groups in total. The van der Waals surface area contributed by atoms with Crippen LogP contribution in [0, 0.1) is 5.92 Å². The van der Waals surface area contributed by atoms with E-state index in [0.717, 1.165) is 32.5 Å². The number of carbonyl (C=O) groups excluding carboxylic acids is 1. The van der Waals surface area contributed by atoms with Gasteiger partial charge in [-0.15, -0.1) is 12.4 Å². The zero-order chi connectivity index (χ0) is 24.0. The van der Waals surface area contributed by atoms with Gasteiger partial charge < -0.3 is 10.1 Å². The van der Waals surface area contributed by atoms with Gasteiger partial charge in [0.25, 0.3) is 0 Å². The molecule has 2 aliphatic rings. The molecule has 7 nitrogen and oxygen atoms in total. The number of nitrogens with two attached hydrogens (primary N) is 1. The Labute approximate surface area is 214 Å². The first-order valence-corrected chi connectivity index (χ1v) is 13.8. The highest BCUT2D eigenvalue weighted by molar-refractivity contribution is 7.89. The molecule has 0 aromatic heterocycles. The van der Waals surface area contributed by atoms with E-state index in [2.05, 4.69) is 10.2 Å². The lowest BCUT2D eigenvalue weighted by Crippen LogP contribution is -2.44. The minimum atomic E-state index is -3.71. The molecular formula is C26H36ClN3O4S. The smallest absolute Gasteiger partial charge is 0.238 e. The Bertz CT molecular complexity index is 1050. The Hall–Kier alpha value is -2.13. The van der Waals surface area contributed by atoms with Crippen LogP contribution in [-0.2, 0) is 21.4 Å². The number of benzene rings is 2. The summed E-state index contributed by atoms with van der Waals surface area (Å²) in [5, 5.41) is 8.40. The lowest BCUT2D eigenvalue weighted by Gasteiger charge is -2.32. The largest absolute Gasteiger partial charge is 0.457 e. The number of piperidine rings is 1. The maximum absolute atomic E-state index is 12.4. The fourth-order valence-corrected chi connectivity index (χ4v) is 5.45. The van der Waals surface area contributed by atoms with Gasteiger partial charge in [-0.2, -0.15) is 0 Å². The number of rotatable bonds is 8. The number of ether oxygens (including phenoxy) is 1. The minimum absolute atomic E-state index is 0. The van der Waals surface area contributed by atoms with E-state index < -0.39 is 10.0 Å². The van der Waals surface area contributed by atoms with Crippen LogP contribution in [0.2, 0.25) is 0 Å². The molecular weight excluding hydrogens is 486 g/mol. The predicted octanol–water partition coefficient (Wildman–Crippen LogP) is 4.60. The van der Waals surface area contributed by atoms with Crippen LogP contribution in [0.3, 0.4) is 0 Å². The SMILES string of the molecule is Cl.NS(=O)(=O)c1ccc(Oc2ccc(CN3CCC(NC(=O)CC4CCCCC4)CC3)cc2)cc1. The van der Waals surface area contributed by atoms with Crippen molar-refractivity contribution in [3.8, 4) is 11.5 Å². The third-order valence-corrected chi connectivity index (χ3v) is 7.80. The van der Waals surface area contributed by atoms with Gasteiger partial charge in [0, 0.05) is 32.1 Å². The Morgan fingerprint density at radius 1 is 0.914 bits per heavy atom. The van der Waals surface area contributed by atoms with Crippen molar-refractivity contribution in [2.45, 2.75) is 68.8 Å². The monoisotopic (exact) mass is 521 g/mol. The normalized spacial score (nSPS) is 18.0. The van der Waals surface area contributed by atoms with Gasteiger partial charge in [-0.3, -0.25) is 9.69 Å². The molecule has 2 fully saturated rings. The van der Waals surface area contributed by atoms with Crippen LogP contribution < -0.4 is 15.2 Å². The van der Waals surface area contributed by atoms with E-state index in [1.807, 2.05) is 24.3 Å². The van der Waals surface area contributed by atoms with E-state index in [1.54, 1.807) is 12.1 Å². The van der Waals surface area contributed by atoms with Gasteiger partial charge in [0.05, 0.1) is 4.90 Å². The Morgan fingerprint density at radius 3 is 2.06 bits per heavy atom. The molecule has 1 aliphatic carbocycles. The highest BCUT2D eigenvalue weighted by Crippen LogP contribution is 2.27. The topological polar surface area (TPSA) is 102 Å². The quantitative estimate of drug-likeness (QED) is 0.528. The van der Waals surface area contributed by atoms with Crippen LogP contribution in [-0.4, -0.2) is 38.4 Å². The third kappa shape index (κ3) is 8.49. The first-order valence-electron chi connectivity index (χ1n) is 12.3. The van der Waals surface area contributed by atoms with Crippen LogP contribution in [0.5, 0.6) is 11.5 Å². The number of carbonyl (C=O) groups is 1. The molecule has 1 heterocycles. The van der Waals surface area contributed by atoms with Crippen LogP contribution in [0.15, 0.2) is 53.4 Å². The zero-order valence-corrected chi connectivity index (χ0v) is 21.7. The van der Waals surface area contributed by atoms with Gasteiger partial charge in [-0.05, 0) is 73.6 Å². The number of amides is 1. The van der Waals surface area contributed by atoms with E-state index in [4.69, 9.17) is 9.88 Å². The third-order valence-electron chi connectivity index (χ3n) is 6.87. The summed E-state index contributed by atoms with van der Waals surface area (Å²) in [7, 11) is -3.71. The summed E-state index contributed by atoms with van der Waals surface area (Å²) in [5.74, 6) is 2.06. The van der Waals surface area contributed by atoms with Crippen molar-refractivity contribution in [1.82, 2.24) is 10.2 Å². The van der Waals surface area contributed by atoms with Crippen molar-refractivity contribution < 1.29 is 17.9 Å². The number of nitrogens with zero attached hydrogens (tertiary/aromatic N) is 1. The summed E-state index contributed by atoms with van der Waals surface area (Å²) < 4.78 is 28.5. The summed E-state index contributed by atoms with van der Waals surface area (Å²) in [4.78, 5) is 14.9. The molecule has 1 saturated heterocycles. The molecule has 1 saturated carbocycles. The number of halogens is 1. The van der Waals surface area contributed by atoms with Gasteiger partial charge in [0.2, 0.25) is 15.9 Å². The first kappa shape index (κ1) is 27.5. The van der Waals surface area contributed by atoms with Crippen molar-refractivity contribution >= 4 is 28.3 Å². The summed E-state index contributed by atoms with van der Waals surface area (Å²) >= 11 is 0. The second-order valence-corrected chi connectivity index (χ2v) is 11.1. The minimum Gasteiger partial charge on any atom is -0.457 e. The standard InChI is InChI=1S/C26H35N3O4S.ClH/c27-34(31,32)25-12-10-24(11-13-25)33-23-8-6-21(7-9-23)19-29-16-14-22(15-17-29)28-26(30)18-20-4-2-1-3-5-20;/h6-13,20,22H,1-5,14-19H2,(H,28,30)(H2,27,31,32);1H. The summed E-state index contributed by atoms with van der Waals surface area (Å²) in [5.41, 5.74) is 1.21. The Balaban J connectivity index is 0.00000342. The molecule has 0 atom stereocenters. The number of primary sulfonamides is 1. The molecule has 1 amide bonds. The van der Waals surface area contributed by atoms with Crippen LogP contribution in [0.25, 0.3) is 0 Å². The van der Waals surface area contributed by atoms with Gasteiger partial charge in [0.1, 0.15) is 11.5 Å². The lowest BCUT2D eigenvalue weighted by atomic mass is 9.86. The highest BCUT2D eigenvalue weighted by Gasteiger charge is 2.23. The van der Waals surface area contributed by atoms with Crippen molar-refractivity contribution in [3.63, 3.8) is 0 Å². The maximum Gasteiger partial charge on any atom is 0.238 e. The number of hydrogen-bond donors (Lipinski definition) is 2. The number of likely N-dealkylation sites (tertiary alicyclic amines) is 1. The summed E-state index contributed by atoms with van der Waals surface area (Å²) in [6, 6.07) is 14.3. The molecule has 2 aromatic carbocycles. The molecule has 0 unspecified atom stereocenters. The first-order chi connectivity index (χ1) is 16.3. The predicted molar refractivity (Wildman–Crippen MR) is 139 cm³/mol. The summed E-state index contributed by atoms with van der Waals surface area (Å²) in [6.45, 7) is 2.82. The van der Waals surface area contributed by atoms with Crippen LogP contribution in [0.4, 0.5) is 0 Å². The average molecular weight is 522 g/mol. The van der Waals surface area contributed by atoms with E-state index in [-0.39, 0.29) is 23.2 Å². The fraction of sp³-hybridized carbons (Fsp3) is 0.500. The molecule has 0 radical (unpaired) electrons. The van der Waals surface area contributed by atoms with E-state index in [0.29, 0.717) is 29.9 Å². The molecule has 0 spiro atoms. The zero-order valence-electron chi connectivity index (χ0n) is 20.0.